The molecule has 0 aromatic heterocycles. The predicted octanol–water partition coefficient (Wildman–Crippen LogP) is 3.68. The minimum absolute atomic E-state index is 0.0471. The highest BCUT2D eigenvalue weighted by molar-refractivity contribution is 6.33. The Balaban J connectivity index is 1.28. The van der Waals surface area contributed by atoms with E-state index in [1.54, 1.807) is 4.90 Å². The summed E-state index contributed by atoms with van der Waals surface area (Å²) in [5, 5.41) is 0.732. The first-order valence-corrected chi connectivity index (χ1v) is 10.7. The first-order chi connectivity index (χ1) is 14.5. The van der Waals surface area contributed by atoms with Gasteiger partial charge in [-0.3, -0.25) is 9.59 Å². The van der Waals surface area contributed by atoms with Gasteiger partial charge in [0.15, 0.2) is 0 Å². The molecule has 2 aromatic carbocycles. The molecule has 158 valence electrons. The number of anilines is 1. The van der Waals surface area contributed by atoms with E-state index in [1.165, 1.54) is 24.3 Å². The third-order valence-corrected chi connectivity index (χ3v) is 6.33. The number of likely N-dealkylation sites (tertiary alicyclic amines) is 1. The average molecular weight is 430 g/mol. The zero-order chi connectivity index (χ0) is 21.1. The van der Waals surface area contributed by atoms with Crippen molar-refractivity contribution in [3.63, 3.8) is 0 Å². The van der Waals surface area contributed by atoms with Crippen molar-refractivity contribution in [1.29, 1.82) is 0 Å². The van der Waals surface area contributed by atoms with Crippen molar-refractivity contribution in [2.45, 2.75) is 12.8 Å². The predicted molar refractivity (Wildman–Crippen MR) is 115 cm³/mol. The zero-order valence-electron chi connectivity index (χ0n) is 16.8. The number of amides is 2. The summed E-state index contributed by atoms with van der Waals surface area (Å²) < 4.78 is 13.1. The summed E-state index contributed by atoms with van der Waals surface area (Å²) in [6.45, 7) is 3.98. The largest absolute Gasteiger partial charge is 0.367 e. The monoisotopic (exact) mass is 429 g/mol. The number of benzene rings is 2. The Morgan fingerprint density at radius 2 is 1.47 bits per heavy atom. The van der Waals surface area contributed by atoms with Gasteiger partial charge < -0.3 is 14.7 Å². The molecule has 0 saturated carbocycles. The Labute approximate surface area is 181 Å². The highest BCUT2D eigenvalue weighted by Crippen LogP contribution is 2.27. The summed E-state index contributed by atoms with van der Waals surface area (Å²) in [6, 6.07) is 13.4. The second-order valence-electron chi connectivity index (χ2n) is 7.84. The minimum atomic E-state index is -0.356. The van der Waals surface area contributed by atoms with Crippen molar-refractivity contribution >= 4 is 29.1 Å². The summed E-state index contributed by atoms with van der Waals surface area (Å²) in [6.07, 6.45) is 1.33. The second kappa shape index (κ2) is 9.04. The van der Waals surface area contributed by atoms with Crippen LogP contribution in [0.15, 0.2) is 48.5 Å². The minimum Gasteiger partial charge on any atom is -0.367 e. The van der Waals surface area contributed by atoms with Crippen LogP contribution >= 0.6 is 11.6 Å². The fraction of sp³-hybridized carbons (Fsp3) is 0.391. The van der Waals surface area contributed by atoms with Gasteiger partial charge in [0.1, 0.15) is 5.82 Å². The number of nitrogens with zero attached hydrogens (tertiary/aromatic N) is 3. The number of carbonyl (C=O) groups excluding carboxylic acids is 2. The van der Waals surface area contributed by atoms with Crippen molar-refractivity contribution in [3.8, 4) is 0 Å². The molecule has 2 amide bonds. The van der Waals surface area contributed by atoms with E-state index >= 15 is 0 Å². The molecule has 2 aromatic rings. The second-order valence-corrected chi connectivity index (χ2v) is 8.24. The number of piperidine rings is 1. The van der Waals surface area contributed by atoms with E-state index in [1.807, 2.05) is 29.2 Å². The molecule has 0 unspecified atom stereocenters. The van der Waals surface area contributed by atoms with Crippen LogP contribution in [0.25, 0.3) is 0 Å². The molecule has 30 heavy (non-hydrogen) atoms. The highest BCUT2D eigenvalue weighted by atomic mass is 35.5. The van der Waals surface area contributed by atoms with Crippen molar-refractivity contribution in [2.75, 3.05) is 44.2 Å². The molecule has 2 aliphatic rings. The molecule has 0 N–H and O–H groups in total. The van der Waals surface area contributed by atoms with Crippen molar-refractivity contribution < 1.29 is 14.0 Å². The Morgan fingerprint density at radius 1 is 0.833 bits per heavy atom. The molecule has 5 nitrogen and oxygen atoms in total. The van der Waals surface area contributed by atoms with Crippen LogP contribution in [0.1, 0.15) is 23.2 Å². The van der Waals surface area contributed by atoms with Gasteiger partial charge in [0.2, 0.25) is 5.91 Å². The number of hydrogen-bond donors (Lipinski definition) is 0. The van der Waals surface area contributed by atoms with Crippen LogP contribution in [0.2, 0.25) is 5.02 Å². The topological polar surface area (TPSA) is 43.9 Å². The van der Waals surface area contributed by atoms with Gasteiger partial charge in [-0.25, -0.2) is 4.39 Å². The number of piperazine rings is 1. The Bertz CT molecular complexity index is 905. The number of rotatable bonds is 3. The van der Waals surface area contributed by atoms with Crippen LogP contribution in [0.3, 0.4) is 0 Å². The molecule has 7 heteroatoms. The molecule has 0 aliphatic carbocycles. The third kappa shape index (κ3) is 4.43. The van der Waals surface area contributed by atoms with Gasteiger partial charge >= 0.3 is 0 Å². The summed E-state index contributed by atoms with van der Waals surface area (Å²) >= 11 is 6.30. The normalized spacial score (nSPS) is 17.9. The Hall–Kier alpha value is -2.60. The molecule has 2 fully saturated rings. The zero-order valence-corrected chi connectivity index (χ0v) is 17.5. The first kappa shape index (κ1) is 20.7. The summed E-state index contributed by atoms with van der Waals surface area (Å²) in [4.78, 5) is 31.5. The molecule has 0 bridgehead atoms. The average Bonchev–Trinajstić information content (AvgIpc) is 2.79. The molecule has 2 heterocycles. The molecular weight excluding hydrogens is 405 g/mol. The van der Waals surface area contributed by atoms with E-state index in [0.29, 0.717) is 44.6 Å². The first-order valence-electron chi connectivity index (χ1n) is 10.4. The number of para-hydroxylation sites is 1. The number of halogens is 2. The lowest BCUT2D eigenvalue weighted by atomic mass is 9.94. The quantitative estimate of drug-likeness (QED) is 0.747. The highest BCUT2D eigenvalue weighted by Gasteiger charge is 2.32. The van der Waals surface area contributed by atoms with Gasteiger partial charge in [-0.15, -0.1) is 0 Å². The summed E-state index contributed by atoms with van der Waals surface area (Å²) in [5.41, 5.74) is 1.50. The maximum absolute atomic E-state index is 13.1. The smallest absolute Gasteiger partial charge is 0.253 e. The van der Waals surface area contributed by atoms with E-state index in [0.717, 1.165) is 23.8 Å². The van der Waals surface area contributed by atoms with E-state index in [2.05, 4.69) is 4.90 Å². The Morgan fingerprint density at radius 3 is 2.10 bits per heavy atom. The third-order valence-electron chi connectivity index (χ3n) is 6.01. The van der Waals surface area contributed by atoms with Crippen LogP contribution in [-0.2, 0) is 4.79 Å². The van der Waals surface area contributed by atoms with Gasteiger partial charge in [0.25, 0.3) is 5.91 Å². The maximum atomic E-state index is 13.1. The lowest BCUT2D eigenvalue weighted by molar-refractivity contribution is -0.137. The lowest BCUT2D eigenvalue weighted by Crippen LogP contribution is -2.52. The summed E-state index contributed by atoms with van der Waals surface area (Å²) in [7, 11) is 0. The van der Waals surface area contributed by atoms with Crippen LogP contribution in [0, 0.1) is 11.7 Å². The van der Waals surface area contributed by atoms with Gasteiger partial charge in [-0.05, 0) is 49.2 Å². The fourth-order valence-electron chi connectivity index (χ4n) is 4.24. The molecule has 4 rings (SSSR count). The lowest BCUT2D eigenvalue weighted by Gasteiger charge is -2.39. The van der Waals surface area contributed by atoms with Gasteiger partial charge in [-0.2, -0.15) is 0 Å². The molecule has 2 saturated heterocycles. The van der Waals surface area contributed by atoms with Crippen LogP contribution < -0.4 is 4.90 Å². The maximum Gasteiger partial charge on any atom is 0.253 e. The molecule has 0 radical (unpaired) electrons. The van der Waals surface area contributed by atoms with Crippen LogP contribution in [0.5, 0.6) is 0 Å². The van der Waals surface area contributed by atoms with Gasteiger partial charge in [0.05, 0.1) is 10.7 Å². The van der Waals surface area contributed by atoms with E-state index in [9.17, 15) is 14.0 Å². The van der Waals surface area contributed by atoms with Crippen LogP contribution in [0.4, 0.5) is 10.1 Å². The van der Waals surface area contributed by atoms with Crippen molar-refractivity contribution in [2.24, 2.45) is 5.92 Å². The number of carbonyl (C=O) groups is 2. The molecule has 0 spiro atoms. The van der Waals surface area contributed by atoms with E-state index < -0.39 is 0 Å². The van der Waals surface area contributed by atoms with Crippen molar-refractivity contribution in [1.82, 2.24) is 9.80 Å². The fourth-order valence-corrected chi connectivity index (χ4v) is 4.49. The van der Waals surface area contributed by atoms with Gasteiger partial charge in [-0.1, -0.05) is 23.7 Å². The Kier molecular flexibility index (Phi) is 6.23. The SMILES string of the molecule is O=C(c1ccc(F)cc1)N1CCC(C(=O)N2CCN(c3ccccc3Cl)CC2)CC1. The molecule has 0 atom stereocenters. The van der Waals surface area contributed by atoms with Crippen LogP contribution in [-0.4, -0.2) is 60.9 Å². The van der Waals surface area contributed by atoms with Gasteiger partial charge in [0, 0.05) is 50.7 Å². The number of hydrogen-bond acceptors (Lipinski definition) is 3. The summed E-state index contributed by atoms with van der Waals surface area (Å²) in [5.74, 6) is -0.323. The molecular formula is C23H25ClFN3O2. The standard InChI is InChI=1S/C23H25ClFN3O2/c24-20-3-1-2-4-21(20)26-13-15-28(16-14-26)23(30)18-9-11-27(12-10-18)22(29)17-5-7-19(25)8-6-17/h1-8,18H,9-16H2. The molecule has 2 aliphatic heterocycles. The van der Waals surface area contributed by atoms with E-state index in [-0.39, 0.29) is 23.5 Å². The van der Waals surface area contributed by atoms with E-state index in [4.69, 9.17) is 11.6 Å². The van der Waals surface area contributed by atoms with Crippen molar-refractivity contribution in [3.05, 3.63) is 64.9 Å².